The SMILES string of the molecule is COc1ccccc1C(=O)C[C@@]1(O)C(=O)Nc2c(C)cc(C)cc21. The fraction of sp³-hybridized carbons (Fsp3) is 0.263. The molecule has 124 valence electrons. The summed E-state index contributed by atoms with van der Waals surface area (Å²) in [5.41, 5.74) is 1.29. The molecule has 5 nitrogen and oxygen atoms in total. The van der Waals surface area contributed by atoms with Gasteiger partial charge in [-0.25, -0.2) is 0 Å². The Balaban J connectivity index is 2.01. The van der Waals surface area contributed by atoms with Crippen molar-refractivity contribution >= 4 is 17.4 Å². The van der Waals surface area contributed by atoms with E-state index >= 15 is 0 Å². The van der Waals surface area contributed by atoms with Crippen LogP contribution in [0.2, 0.25) is 0 Å². The average molecular weight is 325 g/mol. The molecule has 0 saturated carbocycles. The van der Waals surface area contributed by atoms with Crippen molar-refractivity contribution in [3.8, 4) is 5.75 Å². The van der Waals surface area contributed by atoms with E-state index in [1.54, 1.807) is 30.3 Å². The Labute approximate surface area is 140 Å². The Morgan fingerprint density at radius 2 is 1.96 bits per heavy atom. The zero-order valence-electron chi connectivity index (χ0n) is 13.8. The van der Waals surface area contributed by atoms with Gasteiger partial charge < -0.3 is 15.2 Å². The van der Waals surface area contributed by atoms with Crippen molar-refractivity contribution in [1.82, 2.24) is 0 Å². The van der Waals surface area contributed by atoms with Gasteiger partial charge in [-0.3, -0.25) is 9.59 Å². The highest BCUT2D eigenvalue weighted by molar-refractivity contribution is 6.10. The molecule has 2 aromatic carbocycles. The van der Waals surface area contributed by atoms with Crippen molar-refractivity contribution in [3.63, 3.8) is 0 Å². The molecule has 0 aromatic heterocycles. The summed E-state index contributed by atoms with van der Waals surface area (Å²) in [6.45, 7) is 3.75. The Kier molecular flexibility index (Phi) is 3.89. The third kappa shape index (κ3) is 2.47. The molecule has 1 atom stereocenters. The zero-order valence-corrected chi connectivity index (χ0v) is 13.8. The number of fused-ring (bicyclic) bond motifs is 1. The van der Waals surface area contributed by atoms with Crippen LogP contribution in [0.15, 0.2) is 36.4 Å². The van der Waals surface area contributed by atoms with Gasteiger partial charge in [0.2, 0.25) is 0 Å². The number of carbonyl (C=O) groups excluding carboxylic acids is 2. The van der Waals surface area contributed by atoms with Crippen LogP contribution >= 0.6 is 0 Å². The van der Waals surface area contributed by atoms with Gasteiger partial charge >= 0.3 is 0 Å². The van der Waals surface area contributed by atoms with Gasteiger partial charge in [0.15, 0.2) is 11.4 Å². The van der Waals surface area contributed by atoms with E-state index in [9.17, 15) is 14.7 Å². The Morgan fingerprint density at radius 1 is 1.25 bits per heavy atom. The summed E-state index contributed by atoms with van der Waals surface area (Å²) in [5, 5.41) is 13.7. The molecule has 2 aromatic rings. The maximum Gasteiger partial charge on any atom is 0.261 e. The third-order valence-electron chi connectivity index (χ3n) is 4.36. The molecular weight excluding hydrogens is 306 g/mol. The second-order valence-corrected chi connectivity index (χ2v) is 6.12. The second-order valence-electron chi connectivity index (χ2n) is 6.12. The molecular formula is C19H19NO4. The van der Waals surface area contributed by atoms with E-state index in [4.69, 9.17) is 4.74 Å². The smallest absolute Gasteiger partial charge is 0.261 e. The summed E-state index contributed by atoms with van der Waals surface area (Å²) < 4.78 is 5.20. The number of amides is 1. The first-order chi connectivity index (χ1) is 11.4. The van der Waals surface area contributed by atoms with E-state index in [2.05, 4.69) is 5.32 Å². The molecule has 0 unspecified atom stereocenters. The molecule has 3 rings (SSSR count). The fourth-order valence-corrected chi connectivity index (χ4v) is 3.18. The highest BCUT2D eigenvalue weighted by Gasteiger charge is 2.47. The number of hydrogen-bond donors (Lipinski definition) is 2. The van der Waals surface area contributed by atoms with Gasteiger partial charge in [-0.1, -0.05) is 29.8 Å². The number of aryl methyl sites for hydroxylation is 2. The Bertz CT molecular complexity index is 843. The van der Waals surface area contributed by atoms with Crippen LogP contribution in [0.3, 0.4) is 0 Å². The highest BCUT2D eigenvalue weighted by atomic mass is 16.5. The largest absolute Gasteiger partial charge is 0.496 e. The maximum atomic E-state index is 12.7. The molecule has 1 amide bonds. The number of carbonyl (C=O) groups is 2. The summed E-state index contributed by atoms with van der Waals surface area (Å²) in [7, 11) is 1.48. The number of hydrogen-bond acceptors (Lipinski definition) is 4. The van der Waals surface area contributed by atoms with Gasteiger partial charge in [-0.05, 0) is 31.5 Å². The quantitative estimate of drug-likeness (QED) is 0.848. The van der Waals surface area contributed by atoms with E-state index in [1.165, 1.54) is 7.11 Å². The first-order valence-electron chi connectivity index (χ1n) is 7.68. The van der Waals surface area contributed by atoms with Crippen molar-refractivity contribution in [3.05, 3.63) is 58.7 Å². The molecule has 24 heavy (non-hydrogen) atoms. The van der Waals surface area contributed by atoms with Crippen LogP contribution < -0.4 is 10.1 Å². The number of anilines is 1. The summed E-state index contributed by atoms with van der Waals surface area (Å²) in [6, 6.07) is 10.4. The monoisotopic (exact) mass is 325 g/mol. The molecule has 0 spiro atoms. The number of benzene rings is 2. The lowest BCUT2D eigenvalue weighted by atomic mass is 9.86. The van der Waals surface area contributed by atoms with E-state index in [1.807, 2.05) is 19.9 Å². The first-order valence-corrected chi connectivity index (χ1v) is 7.68. The van der Waals surface area contributed by atoms with Crippen molar-refractivity contribution in [1.29, 1.82) is 0 Å². The number of para-hydroxylation sites is 1. The van der Waals surface area contributed by atoms with Gasteiger partial charge in [0, 0.05) is 5.56 Å². The minimum Gasteiger partial charge on any atom is -0.496 e. The van der Waals surface area contributed by atoms with Crippen molar-refractivity contribution < 1.29 is 19.4 Å². The van der Waals surface area contributed by atoms with Crippen LogP contribution in [-0.2, 0) is 10.4 Å². The highest BCUT2D eigenvalue weighted by Crippen LogP contribution is 2.41. The minimum absolute atomic E-state index is 0.338. The molecule has 1 aliphatic rings. The number of Topliss-reactive ketones (excluding diaryl/α,β-unsaturated/α-hetero) is 1. The molecule has 2 N–H and O–H groups in total. The predicted octanol–water partition coefficient (Wildman–Crippen LogP) is 2.72. The van der Waals surface area contributed by atoms with Gasteiger partial charge in [-0.2, -0.15) is 0 Å². The van der Waals surface area contributed by atoms with Gasteiger partial charge in [0.25, 0.3) is 5.91 Å². The van der Waals surface area contributed by atoms with Gasteiger partial charge in [-0.15, -0.1) is 0 Å². The van der Waals surface area contributed by atoms with Crippen LogP contribution in [-0.4, -0.2) is 23.9 Å². The summed E-state index contributed by atoms with van der Waals surface area (Å²) in [4.78, 5) is 25.1. The normalized spacial score (nSPS) is 18.9. The van der Waals surface area contributed by atoms with Gasteiger partial charge in [0.1, 0.15) is 5.75 Å². The van der Waals surface area contributed by atoms with E-state index < -0.39 is 11.5 Å². The standard InChI is InChI=1S/C19H19NO4/c1-11-8-12(2)17-14(9-11)19(23,18(22)20-17)10-15(21)13-6-4-5-7-16(13)24-3/h4-9,23H,10H2,1-3H3,(H,20,22)/t19-/m0/s1. The zero-order chi connectivity index (χ0) is 17.5. The van der Waals surface area contributed by atoms with E-state index in [-0.39, 0.29) is 12.2 Å². The fourth-order valence-electron chi connectivity index (χ4n) is 3.18. The van der Waals surface area contributed by atoms with E-state index in [0.29, 0.717) is 22.6 Å². The topological polar surface area (TPSA) is 75.6 Å². The summed E-state index contributed by atoms with van der Waals surface area (Å²) >= 11 is 0. The number of aliphatic hydroxyl groups is 1. The lowest BCUT2D eigenvalue weighted by molar-refractivity contribution is -0.133. The minimum atomic E-state index is -1.87. The number of nitrogens with one attached hydrogen (secondary N) is 1. The molecule has 1 aliphatic heterocycles. The van der Waals surface area contributed by atoms with Crippen molar-refractivity contribution in [2.45, 2.75) is 25.9 Å². The molecule has 0 fully saturated rings. The molecule has 0 radical (unpaired) electrons. The Hall–Kier alpha value is -2.66. The van der Waals surface area contributed by atoms with Gasteiger partial charge in [0.05, 0.1) is 24.8 Å². The van der Waals surface area contributed by atoms with E-state index in [0.717, 1.165) is 11.1 Å². The number of rotatable bonds is 4. The Morgan fingerprint density at radius 3 is 2.67 bits per heavy atom. The average Bonchev–Trinajstić information content (AvgIpc) is 2.79. The van der Waals surface area contributed by atoms with Crippen LogP contribution in [0.5, 0.6) is 5.75 Å². The third-order valence-corrected chi connectivity index (χ3v) is 4.36. The van der Waals surface area contributed by atoms with Crippen molar-refractivity contribution in [2.24, 2.45) is 0 Å². The molecule has 1 heterocycles. The number of ketones is 1. The summed E-state index contributed by atoms with van der Waals surface area (Å²) in [6.07, 6.45) is -0.338. The first kappa shape index (κ1) is 16.2. The molecule has 0 aliphatic carbocycles. The van der Waals surface area contributed by atoms with Crippen LogP contribution in [0.4, 0.5) is 5.69 Å². The predicted molar refractivity (Wildman–Crippen MR) is 90.4 cm³/mol. The van der Waals surface area contributed by atoms with Crippen LogP contribution in [0.25, 0.3) is 0 Å². The van der Waals surface area contributed by atoms with Crippen LogP contribution in [0.1, 0.15) is 33.5 Å². The summed E-state index contributed by atoms with van der Waals surface area (Å²) in [5.74, 6) is -0.503. The molecule has 0 bridgehead atoms. The molecule has 5 heteroatoms. The lowest BCUT2D eigenvalue weighted by Crippen LogP contribution is -2.36. The maximum absolute atomic E-state index is 12.7. The second kappa shape index (κ2) is 5.76. The van der Waals surface area contributed by atoms with Crippen molar-refractivity contribution in [2.75, 3.05) is 12.4 Å². The number of ether oxygens (including phenoxy) is 1. The lowest BCUT2D eigenvalue weighted by Gasteiger charge is -2.21. The molecule has 0 saturated heterocycles. The van der Waals surface area contributed by atoms with Crippen LogP contribution in [0, 0.1) is 13.8 Å². The number of methoxy groups -OCH3 is 1.